The summed E-state index contributed by atoms with van der Waals surface area (Å²) in [5.74, 6) is 0.936. The molecule has 2 aliphatic heterocycles. The summed E-state index contributed by atoms with van der Waals surface area (Å²) in [6.45, 7) is 2.95. The lowest BCUT2D eigenvalue weighted by Gasteiger charge is -2.28. The first-order valence-corrected chi connectivity index (χ1v) is 9.18. The third-order valence-corrected chi connectivity index (χ3v) is 5.33. The number of methoxy groups -OCH3 is 1. The van der Waals surface area contributed by atoms with Crippen LogP contribution in [0.5, 0.6) is 5.75 Å². The third kappa shape index (κ3) is 4.37. The zero-order valence-corrected chi connectivity index (χ0v) is 15.3. The van der Waals surface area contributed by atoms with Gasteiger partial charge in [-0.25, -0.2) is 0 Å². The van der Waals surface area contributed by atoms with Crippen molar-refractivity contribution in [3.05, 3.63) is 23.2 Å². The molecule has 2 fully saturated rings. The number of rotatable bonds is 5. The van der Waals surface area contributed by atoms with E-state index in [0.29, 0.717) is 18.2 Å². The maximum atomic E-state index is 12.5. The van der Waals surface area contributed by atoms with Gasteiger partial charge in [0.15, 0.2) is 0 Å². The fourth-order valence-corrected chi connectivity index (χ4v) is 3.76. The predicted molar refractivity (Wildman–Crippen MR) is 98.3 cm³/mol. The molecule has 2 unspecified atom stereocenters. The number of carbonyl (C=O) groups is 1. The van der Waals surface area contributed by atoms with E-state index in [1.807, 2.05) is 18.2 Å². The average molecular weight is 368 g/mol. The van der Waals surface area contributed by atoms with Crippen LogP contribution in [0.1, 0.15) is 19.3 Å². The van der Waals surface area contributed by atoms with Crippen LogP contribution in [0.2, 0.25) is 5.02 Å². The molecular formula is C18H26ClN3O3. The topological polar surface area (TPSA) is 76.8 Å². The van der Waals surface area contributed by atoms with Gasteiger partial charge in [0.1, 0.15) is 5.75 Å². The van der Waals surface area contributed by atoms with E-state index in [1.54, 1.807) is 7.11 Å². The van der Waals surface area contributed by atoms with Crippen molar-refractivity contribution < 1.29 is 14.3 Å². The van der Waals surface area contributed by atoms with Gasteiger partial charge in [-0.1, -0.05) is 11.6 Å². The standard InChI is InChI=1S/C18H26ClN3O3/c1-24-16-3-2-13(19)10-15(16)22-7-4-14(11-22)21-18(23)17(20)12-5-8-25-9-6-12/h2-3,10,12,14,17H,4-9,11,20H2,1H3,(H,21,23). The van der Waals surface area contributed by atoms with Crippen LogP contribution < -0.4 is 20.7 Å². The summed E-state index contributed by atoms with van der Waals surface area (Å²) in [4.78, 5) is 14.7. The molecule has 0 aromatic heterocycles. The molecule has 1 aromatic carbocycles. The van der Waals surface area contributed by atoms with Crippen molar-refractivity contribution in [2.45, 2.75) is 31.3 Å². The Kier molecular flexibility index (Phi) is 6.04. The number of ether oxygens (including phenoxy) is 2. The number of carbonyl (C=O) groups excluding carboxylic acids is 1. The van der Waals surface area contributed by atoms with Crippen molar-refractivity contribution in [1.82, 2.24) is 5.32 Å². The van der Waals surface area contributed by atoms with E-state index >= 15 is 0 Å². The van der Waals surface area contributed by atoms with Gasteiger partial charge in [0, 0.05) is 37.4 Å². The minimum Gasteiger partial charge on any atom is -0.495 e. The molecule has 0 radical (unpaired) electrons. The van der Waals surface area contributed by atoms with Crippen LogP contribution in [0.3, 0.4) is 0 Å². The molecule has 1 amide bonds. The number of hydrogen-bond donors (Lipinski definition) is 2. The maximum Gasteiger partial charge on any atom is 0.237 e. The normalized spacial score (nSPS) is 22.7. The third-order valence-electron chi connectivity index (χ3n) is 5.09. The summed E-state index contributed by atoms with van der Waals surface area (Å²) < 4.78 is 10.8. The molecule has 7 heteroatoms. The minimum atomic E-state index is -0.460. The summed E-state index contributed by atoms with van der Waals surface area (Å²) in [6, 6.07) is 5.20. The van der Waals surface area contributed by atoms with Gasteiger partial charge in [-0.15, -0.1) is 0 Å². The summed E-state index contributed by atoms with van der Waals surface area (Å²) in [5.41, 5.74) is 7.12. The summed E-state index contributed by atoms with van der Waals surface area (Å²) in [6.07, 6.45) is 2.58. The van der Waals surface area contributed by atoms with E-state index in [4.69, 9.17) is 26.8 Å². The lowest BCUT2D eigenvalue weighted by atomic mass is 9.91. The van der Waals surface area contributed by atoms with E-state index in [9.17, 15) is 4.79 Å². The first-order chi connectivity index (χ1) is 12.1. The van der Waals surface area contributed by atoms with Crippen LogP contribution in [-0.4, -0.2) is 51.4 Å². The van der Waals surface area contributed by atoms with Crippen LogP contribution in [0.15, 0.2) is 18.2 Å². The Morgan fingerprint density at radius 2 is 2.16 bits per heavy atom. The number of anilines is 1. The molecule has 0 aliphatic carbocycles. The predicted octanol–water partition coefficient (Wildman–Crippen LogP) is 1.80. The van der Waals surface area contributed by atoms with Gasteiger partial charge < -0.3 is 25.4 Å². The molecule has 6 nitrogen and oxygen atoms in total. The first kappa shape index (κ1) is 18.3. The van der Waals surface area contributed by atoms with Gasteiger partial charge in [0.25, 0.3) is 0 Å². The smallest absolute Gasteiger partial charge is 0.237 e. The summed E-state index contributed by atoms with van der Waals surface area (Å²) in [7, 11) is 1.65. The monoisotopic (exact) mass is 367 g/mol. The largest absolute Gasteiger partial charge is 0.495 e. The highest BCUT2D eigenvalue weighted by Gasteiger charge is 2.31. The molecule has 1 aromatic rings. The molecule has 25 heavy (non-hydrogen) atoms. The van der Waals surface area contributed by atoms with Crippen LogP contribution in [-0.2, 0) is 9.53 Å². The zero-order chi connectivity index (χ0) is 17.8. The molecule has 0 bridgehead atoms. The van der Waals surface area contributed by atoms with Crippen LogP contribution in [0.4, 0.5) is 5.69 Å². The number of amides is 1. The second kappa shape index (κ2) is 8.25. The van der Waals surface area contributed by atoms with Gasteiger partial charge in [-0.3, -0.25) is 4.79 Å². The Morgan fingerprint density at radius 1 is 1.40 bits per heavy atom. The number of nitrogens with one attached hydrogen (secondary N) is 1. The van der Waals surface area contributed by atoms with Gasteiger partial charge in [0.05, 0.1) is 18.8 Å². The van der Waals surface area contributed by atoms with Gasteiger partial charge in [-0.05, 0) is 43.4 Å². The summed E-state index contributed by atoms with van der Waals surface area (Å²) in [5, 5.41) is 3.78. The van der Waals surface area contributed by atoms with Crippen molar-refractivity contribution in [3.8, 4) is 5.75 Å². The van der Waals surface area contributed by atoms with E-state index in [0.717, 1.165) is 43.8 Å². The van der Waals surface area contributed by atoms with Crippen LogP contribution in [0.25, 0.3) is 0 Å². The number of nitrogens with zero attached hydrogens (tertiary/aromatic N) is 1. The van der Waals surface area contributed by atoms with Crippen molar-refractivity contribution in [2.75, 3.05) is 38.3 Å². The lowest BCUT2D eigenvalue weighted by molar-refractivity contribution is -0.124. The molecule has 138 valence electrons. The van der Waals surface area contributed by atoms with Crippen molar-refractivity contribution in [2.24, 2.45) is 11.7 Å². The minimum absolute atomic E-state index is 0.0585. The Bertz CT molecular complexity index is 607. The Hall–Kier alpha value is -1.50. The van der Waals surface area contributed by atoms with E-state index < -0.39 is 6.04 Å². The fourth-order valence-electron chi connectivity index (χ4n) is 3.59. The zero-order valence-electron chi connectivity index (χ0n) is 14.5. The van der Waals surface area contributed by atoms with E-state index in [-0.39, 0.29) is 17.9 Å². The van der Waals surface area contributed by atoms with Crippen LogP contribution >= 0.6 is 11.6 Å². The quantitative estimate of drug-likeness (QED) is 0.829. The molecule has 0 spiro atoms. The number of hydrogen-bond acceptors (Lipinski definition) is 5. The maximum absolute atomic E-state index is 12.5. The fraction of sp³-hybridized carbons (Fsp3) is 0.611. The number of halogens is 1. The van der Waals surface area contributed by atoms with E-state index in [1.165, 1.54) is 0 Å². The highest BCUT2D eigenvalue weighted by Crippen LogP contribution is 2.33. The van der Waals surface area contributed by atoms with Gasteiger partial charge >= 0.3 is 0 Å². The van der Waals surface area contributed by atoms with Crippen molar-refractivity contribution >= 4 is 23.2 Å². The Morgan fingerprint density at radius 3 is 2.88 bits per heavy atom. The highest BCUT2D eigenvalue weighted by molar-refractivity contribution is 6.30. The molecular weight excluding hydrogens is 342 g/mol. The second-order valence-corrected chi connectivity index (χ2v) is 7.17. The van der Waals surface area contributed by atoms with Gasteiger partial charge in [-0.2, -0.15) is 0 Å². The molecule has 0 saturated carbocycles. The summed E-state index contributed by atoms with van der Waals surface area (Å²) >= 11 is 6.12. The molecule has 2 aliphatic rings. The molecule has 2 heterocycles. The van der Waals surface area contributed by atoms with E-state index in [2.05, 4.69) is 10.2 Å². The highest BCUT2D eigenvalue weighted by atomic mass is 35.5. The lowest BCUT2D eigenvalue weighted by Crippen LogP contribution is -2.50. The number of nitrogens with two attached hydrogens (primary N) is 1. The molecule has 3 N–H and O–H groups in total. The van der Waals surface area contributed by atoms with Crippen LogP contribution in [0, 0.1) is 5.92 Å². The molecule has 3 rings (SSSR count). The van der Waals surface area contributed by atoms with Crippen molar-refractivity contribution in [3.63, 3.8) is 0 Å². The first-order valence-electron chi connectivity index (χ1n) is 8.80. The molecule has 2 saturated heterocycles. The van der Waals surface area contributed by atoms with Gasteiger partial charge in [0.2, 0.25) is 5.91 Å². The Labute approximate surface area is 153 Å². The number of benzene rings is 1. The Balaban J connectivity index is 1.57. The molecule has 2 atom stereocenters. The SMILES string of the molecule is COc1ccc(Cl)cc1N1CCC(NC(=O)C(N)C2CCOCC2)C1. The average Bonchev–Trinajstić information content (AvgIpc) is 3.10. The van der Waals surface area contributed by atoms with Crippen molar-refractivity contribution in [1.29, 1.82) is 0 Å². The second-order valence-electron chi connectivity index (χ2n) is 6.73.